The largest absolute Gasteiger partial charge is 0.453 e. The van der Waals surface area contributed by atoms with E-state index in [0.717, 1.165) is 45.6 Å². The zero-order chi connectivity index (χ0) is 35.2. The van der Waals surface area contributed by atoms with E-state index in [0.29, 0.717) is 11.8 Å². The first-order valence-electron chi connectivity index (χ1n) is 18.7. The summed E-state index contributed by atoms with van der Waals surface area (Å²) in [5, 5.41) is 0. The average Bonchev–Trinajstić information content (AvgIpc) is 3.51. The summed E-state index contributed by atoms with van der Waals surface area (Å²) in [6.45, 7) is 14.0. The van der Waals surface area contributed by atoms with Crippen LogP contribution in [0.1, 0.15) is 99.4 Å². The molecule has 5 aliphatic heterocycles. The van der Waals surface area contributed by atoms with Crippen LogP contribution in [0.25, 0.3) is 0 Å². The Hall–Kier alpha value is -5.82. The molecule has 0 fully saturated rings. The molecule has 6 heterocycles. The van der Waals surface area contributed by atoms with E-state index in [9.17, 15) is 0 Å². The van der Waals surface area contributed by atoms with Crippen molar-refractivity contribution in [1.82, 2.24) is 0 Å². The fourth-order valence-electron chi connectivity index (χ4n) is 9.52. The normalized spacial score (nSPS) is 19.3. The maximum Gasteiger partial charge on any atom is 0.378 e. The van der Waals surface area contributed by atoms with Crippen LogP contribution >= 0.6 is 0 Å². The van der Waals surface area contributed by atoms with Gasteiger partial charge in [-0.25, -0.2) is 9.13 Å². The number of aromatic nitrogens is 2. The van der Waals surface area contributed by atoms with Gasteiger partial charge in [-0.05, 0) is 62.1 Å². The summed E-state index contributed by atoms with van der Waals surface area (Å²) in [4.78, 5) is 7.57. The zero-order valence-corrected chi connectivity index (χ0v) is 30.3. The van der Waals surface area contributed by atoms with Gasteiger partial charge in [0.15, 0.2) is 23.0 Å². The van der Waals surface area contributed by atoms with Gasteiger partial charge in [-0.15, -0.1) is 0 Å². The summed E-state index contributed by atoms with van der Waals surface area (Å²) in [6.07, 6.45) is 4.37. The van der Waals surface area contributed by atoms with E-state index in [2.05, 4.69) is 163 Å². The van der Waals surface area contributed by atoms with Crippen LogP contribution in [-0.4, -0.2) is 0 Å². The summed E-state index contributed by atoms with van der Waals surface area (Å²) in [6, 6.07) is 35.3. The molecule has 52 heavy (non-hydrogen) atoms. The molecule has 0 amide bonds. The first-order chi connectivity index (χ1) is 25.3. The lowest BCUT2D eigenvalue weighted by Gasteiger charge is -2.38. The van der Waals surface area contributed by atoms with Crippen LogP contribution in [0.15, 0.2) is 109 Å². The fraction of sp³-hybridized carbons (Fsp3) is 0.244. The van der Waals surface area contributed by atoms with Gasteiger partial charge in [0, 0.05) is 27.8 Å². The topological polar surface area (TPSA) is 35.9 Å². The summed E-state index contributed by atoms with van der Waals surface area (Å²) in [5.41, 5.74) is 12.1. The molecular weight excluding hydrogens is 643 g/mol. The smallest absolute Gasteiger partial charge is 0.378 e. The number of hydrogen-bond acceptors (Lipinski definition) is 5. The number of para-hydroxylation sites is 6. The van der Waals surface area contributed by atoms with Crippen LogP contribution in [0.2, 0.25) is 0 Å². The van der Waals surface area contributed by atoms with E-state index in [1.165, 1.54) is 45.3 Å². The van der Waals surface area contributed by atoms with Gasteiger partial charge < -0.3 is 9.47 Å². The van der Waals surface area contributed by atoms with Gasteiger partial charge in [0.1, 0.15) is 41.5 Å². The van der Waals surface area contributed by atoms with Gasteiger partial charge in [-0.3, -0.25) is 4.90 Å². The van der Waals surface area contributed by atoms with Crippen molar-refractivity contribution in [2.24, 2.45) is 0 Å². The lowest BCUT2D eigenvalue weighted by molar-refractivity contribution is -0.746. The van der Waals surface area contributed by atoms with E-state index in [1.807, 2.05) is 12.1 Å². The monoisotopic (exact) mass is 683 g/mol. The minimum absolute atomic E-state index is 0.168. The molecule has 0 aliphatic carbocycles. The second-order valence-corrected chi connectivity index (χ2v) is 15.4. The Labute approximate surface area is 304 Å². The molecule has 256 valence electrons. The van der Waals surface area contributed by atoms with Crippen molar-refractivity contribution in [3.63, 3.8) is 0 Å². The van der Waals surface area contributed by atoms with Crippen molar-refractivity contribution in [2.45, 2.75) is 71.6 Å². The molecular formula is C45H41N5O2+2. The second kappa shape index (κ2) is 10.4. The molecule has 7 heteroatoms. The highest BCUT2D eigenvalue weighted by Crippen LogP contribution is 2.63. The van der Waals surface area contributed by atoms with Gasteiger partial charge in [-0.2, -0.15) is 9.80 Å². The Morgan fingerprint density at radius 1 is 0.538 bits per heavy atom. The molecule has 0 saturated carbocycles. The van der Waals surface area contributed by atoms with Gasteiger partial charge in [-0.1, -0.05) is 88.4 Å². The lowest BCUT2D eigenvalue weighted by Crippen LogP contribution is -2.52. The molecule has 2 atom stereocenters. The number of nitrogens with zero attached hydrogens (tertiary/aromatic N) is 5. The van der Waals surface area contributed by atoms with Gasteiger partial charge >= 0.3 is 11.6 Å². The highest BCUT2D eigenvalue weighted by Gasteiger charge is 2.63. The summed E-state index contributed by atoms with van der Waals surface area (Å²) < 4.78 is 18.7. The SMILES string of the molecule is CC(C)c1cccc2c1N1c3c4[n+](cc[n+]3C2C)C(C)c2cccc(C(C)C)c2N4C1c1cc2c3c(c1)Oc1ccccc1N3c1ccccc1O2. The molecule has 5 aliphatic rings. The van der Waals surface area contributed by atoms with Crippen LogP contribution < -0.4 is 33.3 Å². The minimum atomic E-state index is -0.219. The Kier molecular flexibility index (Phi) is 5.96. The minimum Gasteiger partial charge on any atom is -0.453 e. The van der Waals surface area contributed by atoms with Crippen molar-refractivity contribution in [3.05, 3.63) is 137 Å². The lowest BCUT2D eigenvalue weighted by atomic mass is 9.91. The van der Waals surface area contributed by atoms with E-state index < -0.39 is 0 Å². The van der Waals surface area contributed by atoms with Crippen molar-refractivity contribution in [1.29, 1.82) is 0 Å². The third-order valence-electron chi connectivity index (χ3n) is 11.9. The molecule has 5 aromatic carbocycles. The molecule has 6 aromatic rings. The molecule has 1 aromatic heterocycles. The molecule has 7 nitrogen and oxygen atoms in total. The van der Waals surface area contributed by atoms with Gasteiger partial charge in [0.2, 0.25) is 0 Å². The Morgan fingerprint density at radius 3 is 1.46 bits per heavy atom. The van der Waals surface area contributed by atoms with Gasteiger partial charge in [0.05, 0.1) is 11.4 Å². The predicted molar refractivity (Wildman–Crippen MR) is 204 cm³/mol. The molecule has 2 unspecified atom stereocenters. The molecule has 0 spiro atoms. The maximum atomic E-state index is 6.86. The van der Waals surface area contributed by atoms with Gasteiger partial charge in [0.25, 0.3) is 6.17 Å². The van der Waals surface area contributed by atoms with E-state index in [1.54, 1.807) is 0 Å². The Bertz CT molecular complexity index is 2360. The highest BCUT2D eigenvalue weighted by molar-refractivity contribution is 5.94. The third-order valence-corrected chi connectivity index (χ3v) is 11.9. The number of fused-ring (bicyclic) bond motifs is 8. The van der Waals surface area contributed by atoms with Crippen LogP contribution in [0.5, 0.6) is 23.0 Å². The fourth-order valence-corrected chi connectivity index (χ4v) is 9.52. The first-order valence-corrected chi connectivity index (χ1v) is 18.7. The van der Waals surface area contributed by atoms with Crippen LogP contribution in [0, 0.1) is 0 Å². The molecule has 0 radical (unpaired) electrons. The molecule has 0 saturated heterocycles. The van der Waals surface area contributed by atoms with E-state index >= 15 is 0 Å². The van der Waals surface area contributed by atoms with Crippen LogP contribution in [-0.2, 0) is 0 Å². The zero-order valence-electron chi connectivity index (χ0n) is 30.3. The highest BCUT2D eigenvalue weighted by atomic mass is 16.5. The quantitative estimate of drug-likeness (QED) is 0.173. The van der Waals surface area contributed by atoms with Crippen molar-refractivity contribution in [3.8, 4) is 23.0 Å². The predicted octanol–water partition coefficient (Wildman–Crippen LogP) is 11.0. The number of anilines is 7. The van der Waals surface area contributed by atoms with E-state index in [4.69, 9.17) is 9.47 Å². The van der Waals surface area contributed by atoms with Crippen LogP contribution in [0.3, 0.4) is 0 Å². The van der Waals surface area contributed by atoms with Crippen molar-refractivity contribution in [2.75, 3.05) is 14.7 Å². The summed E-state index contributed by atoms with van der Waals surface area (Å²) in [7, 11) is 0. The Balaban J connectivity index is 1.23. The maximum absolute atomic E-state index is 6.86. The molecule has 11 rings (SSSR count). The number of ether oxygens (including phenoxy) is 2. The standard InChI is InChI=1S/C45H41N5O2/c1-25(2)30-13-11-15-32-27(5)46-21-22-47-28(6)33-16-12-14-31(26(3)4)41(33)50-43(49(40(30)32)44(46)45(47)50)29-23-38-42-39(24-29)52-37-20-10-8-18-35(37)48(42)34-17-7-9-19-36(34)51-38/h7-28,43H,1-6H3/q+2. The Morgan fingerprint density at radius 2 is 1.00 bits per heavy atom. The summed E-state index contributed by atoms with van der Waals surface area (Å²) in [5.74, 6) is 6.37. The first kappa shape index (κ1) is 29.9. The third kappa shape index (κ3) is 3.70. The van der Waals surface area contributed by atoms with E-state index in [-0.39, 0.29) is 18.2 Å². The van der Waals surface area contributed by atoms with Crippen LogP contribution in [0.4, 0.5) is 40.1 Å². The van der Waals surface area contributed by atoms with Crippen molar-refractivity contribution >= 4 is 40.1 Å². The second-order valence-electron chi connectivity index (χ2n) is 15.4. The number of rotatable bonds is 3. The van der Waals surface area contributed by atoms with Crippen molar-refractivity contribution < 1.29 is 18.6 Å². The summed E-state index contributed by atoms with van der Waals surface area (Å²) >= 11 is 0. The average molecular weight is 684 g/mol. The number of hydrogen-bond donors (Lipinski definition) is 0. The number of benzene rings is 5. The molecule has 0 N–H and O–H groups in total. The molecule has 0 bridgehead atoms.